The fourth-order valence-corrected chi connectivity index (χ4v) is 4.18. The van der Waals surface area contributed by atoms with Crippen molar-refractivity contribution < 1.29 is 23.8 Å². The van der Waals surface area contributed by atoms with E-state index in [0.717, 1.165) is 19.6 Å². The minimum Gasteiger partial charge on any atom is -0.507 e. The number of rotatable bonds is 6. The van der Waals surface area contributed by atoms with Crippen molar-refractivity contribution in [3.05, 3.63) is 46.7 Å². The first-order valence-corrected chi connectivity index (χ1v) is 10.1. The molecule has 2 aliphatic rings. The van der Waals surface area contributed by atoms with Crippen molar-refractivity contribution in [3.63, 3.8) is 0 Å². The second-order valence-corrected chi connectivity index (χ2v) is 7.62. The predicted octanol–water partition coefficient (Wildman–Crippen LogP) is 1.76. The van der Waals surface area contributed by atoms with E-state index in [1.165, 1.54) is 11.2 Å². The lowest BCUT2D eigenvalue weighted by molar-refractivity contribution is -0.140. The molecule has 0 radical (unpaired) electrons. The van der Waals surface area contributed by atoms with Gasteiger partial charge < -0.3 is 19.2 Å². The number of aryl methyl sites for hydroxylation is 2. The monoisotopic (exact) mass is 414 g/mol. The second kappa shape index (κ2) is 8.45. The Hall–Kier alpha value is -2.91. The van der Waals surface area contributed by atoms with Crippen LogP contribution in [0.1, 0.15) is 35.2 Å². The van der Waals surface area contributed by atoms with Crippen LogP contribution in [0.5, 0.6) is 0 Å². The zero-order valence-corrected chi connectivity index (χ0v) is 17.2. The zero-order chi connectivity index (χ0) is 21.3. The molecule has 0 bridgehead atoms. The van der Waals surface area contributed by atoms with Gasteiger partial charge in [0.15, 0.2) is 0 Å². The molecule has 0 spiro atoms. The van der Waals surface area contributed by atoms with Crippen LogP contribution in [0.3, 0.4) is 0 Å². The maximum atomic E-state index is 12.9. The first-order chi connectivity index (χ1) is 14.5. The van der Waals surface area contributed by atoms with Crippen LogP contribution in [-0.4, -0.2) is 76.2 Å². The predicted molar refractivity (Wildman–Crippen MR) is 108 cm³/mol. The van der Waals surface area contributed by atoms with Crippen molar-refractivity contribution >= 4 is 17.4 Å². The Morgan fingerprint density at radius 3 is 2.67 bits per heavy atom. The van der Waals surface area contributed by atoms with Gasteiger partial charge in [0.2, 0.25) is 0 Å². The van der Waals surface area contributed by atoms with E-state index in [-0.39, 0.29) is 11.3 Å². The SMILES string of the molecule is Cc1n[nH]c(C)c1C(O)=C1C(=O)C(=O)N(CCCN2CCOCC2)[C@@H]1c1ccco1. The number of likely N-dealkylation sites (tertiary alicyclic amines) is 1. The van der Waals surface area contributed by atoms with Crippen molar-refractivity contribution in [3.8, 4) is 0 Å². The lowest BCUT2D eigenvalue weighted by atomic mass is 9.98. The van der Waals surface area contributed by atoms with E-state index in [2.05, 4.69) is 15.1 Å². The molecular formula is C21H26N4O5. The van der Waals surface area contributed by atoms with Crippen LogP contribution in [0.2, 0.25) is 0 Å². The van der Waals surface area contributed by atoms with Crippen LogP contribution < -0.4 is 0 Å². The summed E-state index contributed by atoms with van der Waals surface area (Å²) in [4.78, 5) is 29.6. The molecule has 0 aliphatic carbocycles. The maximum Gasteiger partial charge on any atom is 0.295 e. The fraction of sp³-hybridized carbons (Fsp3) is 0.476. The number of aliphatic hydroxyl groups excluding tert-OH is 1. The maximum absolute atomic E-state index is 12.9. The first kappa shape index (κ1) is 20.4. The molecule has 9 nitrogen and oxygen atoms in total. The Labute approximate surface area is 174 Å². The van der Waals surface area contributed by atoms with Gasteiger partial charge in [-0.2, -0.15) is 5.10 Å². The summed E-state index contributed by atoms with van der Waals surface area (Å²) in [5.41, 5.74) is 1.66. The first-order valence-electron chi connectivity index (χ1n) is 10.1. The number of nitrogens with zero attached hydrogens (tertiary/aromatic N) is 3. The summed E-state index contributed by atoms with van der Waals surface area (Å²) in [6, 6.07) is 2.66. The number of hydrogen-bond donors (Lipinski definition) is 2. The van der Waals surface area contributed by atoms with Gasteiger partial charge in [-0.1, -0.05) is 0 Å². The van der Waals surface area contributed by atoms with Gasteiger partial charge in [-0.3, -0.25) is 19.6 Å². The quantitative estimate of drug-likeness (QED) is 0.421. The molecule has 1 atom stereocenters. The van der Waals surface area contributed by atoms with E-state index in [1.54, 1.807) is 26.0 Å². The molecular weight excluding hydrogens is 388 g/mol. The number of morpholine rings is 1. The largest absolute Gasteiger partial charge is 0.507 e. The summed E-state index contributed by atoms with van der Waals surface area (Å²) in [6.07, 6.45) is 2.20. The standard InChI is InChI=1S/C21H26N4O5/c1-13-16(14(2)23-22-13)19(26)17-18(15-5-3-10-30-15)25(21(28)20(17)27)7-4-6-24-8-11-29-12-9-24/h3,5,10,18,26H,4,6-9,11-12H2,1-2H3,(H,22,23)/t18-/m1/s1. The molecule has 0 unspecified atom stereocenters. The van der Waals surface area contributed by atoms with Crippen LogP contribution in [0.15, 0.2) is 28.4 Å². The molecule has 2 aliphatic heterocycles. The summed E-state index contributed by atoms with van der Waals surface area (Å²) in [6.45, 7) is 7.82. The molecule has 30 heavy (non-hydrogen) atoms. The van der Waals surface area contributed by atoms with E-state index in [4.69, 9.17) is 9.15 Å². The Morgan fingerprint density at radius 1 is 1.27 bits per heavy atom. The summed E-state index contributed by atoms with van der Waals surface area (Å²) >= 11 is 0. The number of aliphatic hydroxyl groups is 1. The highest BCUT2D eigenvalue weighted by atomic mass is 16.5. The summed E-state index contributed by atoms with van der Waals surface area (Å²) < 4.78 is 10.9. The van der Waals surface area contributed by atoms with E-state index in [0.29, 0.717) is 48.9 Å². The average Bonchev–Trinajstić information content (AvgIpc) is 3.44. The van der Waals surface area contributed by atoms with E-state index in [1.807, 2.05) is 0 Å². The lowest BCUT2D eigenvalue weighted by Gasteiger charge is -2.28. The zero-order valence-electron chi connectivity index (χ0n) is 17.2. The molecule has 2 aromatic rings. The molecule has 1 amide bonds. The molecule has 0 aromatic carbocycles. The Balaban J connectivity index is 1.64. The summed E-state index contributed by atoms with van der Waals surface area (Å²) in [7, 11) is 0. The van der Waals surface area contributed by atoms with E-state index >= 15 is 0 Å². The number of aromatic amines is 1. The van der Waals surface area contributed by atoms with Gasteiger partial charge in [-0.25, -0.2) is 0 Å². The van der Waals surface area contributed by atoms with Crippen LogP contribution in [-0.2, 0) is 14.3 Å². The van der Waals surface area contributed by atoms with Gasteiger partial charge in [0.25, 0.3) is 11.7 Å². The number of nitrogens with one attached hydrogen (secondary N) is 1. The molecule has 2 N–H and O–H groups in total. The third kappa shape index (κ3) is 3.66. The third-order valence-corrected chi connectivity index (χ3v) is 5.69. The Kier molecular flexibility index (Phi) is 5.74. The number of carbonyl (C=O) groups excluding carboxylic acids is 2. The average molecular weight is 414 g/mol. The lowest BCUT2D eigenvalue weighted by Crippen LogP contribution is -2.38. The van der Waals surface area contributed by atoms with Crippen molar-refractivity contribution in [1.29, 1.82) is 0 Å². The number of amides is 1. The van der Waals surface area contributed by atoms with Gasteiger partial charge in [0.05, 0.1) is 36.3 Å². The van der Waals surface area contributed by atoms with Gasteiger partial charge in [0.1, 0.15) is 17.6 Å². The molecule has 4 rings (SSSR count). The van der Waals surface area contributed by atoms with E-state index in [9.17, 15) is 14.7 Å². The van der Waals surface area contributed by atoms with Crippen LogP contribution in [0.4, 0.5) is 0 Å². The van der Waals surface area contributed by atoms with Gasteiger partial charge in [-0.15, -0.1) is 0 Å². The molecule has 9 heteroatoms. The number of aromatic nitrogens is 2. The molecule has 160 valence electrons. The number of hydrogen-bond acceptors (Lipinski definition) is 7. The third-order valence-electron chi connectivity index (χ3n) is 5.69. The summed E-state index contributed by atoms with van der Waals surface area (Å²) in [5, 5.41) is 17.9. The number of furan rings is 1. The van der Waals surface area contributed by atoms with Crippen molar-refractivity contribution in [1.82, 2.24) is 20.0 Å². The number of H-pyrrole nitrogens is 1. The van der Waals surface area contributed by atoms with Crippen molar-refractivity contribution in [2.24, 2.45) is 0 Å². The topological polar surface area (TPSA) is 112 Å². The Bertz CT molecular complexity index is 937. The fourth-order valence-electron chi connectivity index (χ4n) is 4.18. The number of carbonyl (C=O) groups is 2. The highest BCUT2D eigenvalue weighted by Crippen LogP contribution is 2.40. The smallest absolute Gasteiger partial charge is 0.295 e. The molecule has 2 aromatic heterocycles. The number of ketones is 1. The summed E-state index contributed by atoms with van der Waals surface area (Å²) in [5.74, 6) is -1.12. The van der Waals surface area contributed by atoms with E-state index < -0.39 is 17.7 Å². The Morgan fingerprint density at radius 2 is 2.03 bits per heavy atom. The van der Waals surface area contributed by atoms with Gasteiger partial charge in [-0.05, 0) is 32.4 Å². The highest BCUT2D eigenvalue weighted by Gasteiger charge is 2.47. The second-order valence-electron chi connectivity index (χ2n) is 7.62. The normalized spacial score (nSPS) is 22.2. The van der Waals surface area contributed by atoms with Crippen molar-refractivity contribution in [2.45, 2.75) is 26.3 Å². The van der Waals surface area contributed by atoms with Crippen LogP contribution in [0.25, 0.3) is 5.76 Å². The van der Waals surface area contributed by atoms with Gasteiger partial charge in [0, 0.05) is 31.9 Å². The van der Waals surface area contributed by atoms with Crippen LogP contribution >= 0.6 is 0 Å². The molecule has 4 heterocycles. The number of Topliss-reactive ketones (excluding diaryl/α,β-unsaturated/α-hetero) is 1. The minimum absolute atomic E-state index is 0.0360. The number of ether oxygens (including phenoxy) is 1. The molecule has 2 fully saturated rings. The molecule has 2 saturated heterocycles. The van der Waals surface area contributed by atoms with Crippen molar-refractivity contribution in [2.75, 3.05) is 39.4 Å². The van der Waals surface area contributed by atoms with Gasteiger partial charge >= 0.3 is 0 Å². The highest BCUT2D eigenvalue weighted by molar-refractivity contribution is 6.46. The van der Waals surface area contributed by atoms with Crippen LogP contribution in [0, 0.1) is 13.8 Å². The minimum atomic E-state index is -0.765. The molecule has 0 saturated carbocycles.